The summed E-state index contributed by atoms with van der Waals surface area (Å²) >= 11 is 0. The van der Waals surface area contributed by atoms with Crippen LogP contribution in [0.25, 0.3) is 0 Å². The second kappa shape index (κ2) is 5.41. The number of aryl methyl sites for hydroxylation is 1. The quantitative estimate of drug-likeness (QED) is 0.787. The van der Waals surface area contributed by atoms with E-state index in [4.69, 9.17) is 10.00 Å². The SMILES string of the molecule is N#CCCCOc1cccc2c1NCCC2. The molecule has 0 spiro atoms. The fourth-order valence-corrected chi connectivity index (χ4v) is 1.93. The summed E-state index contributed by atoms with van der Waals surface area (Å²) in [6.07, 6.45) is 3.66. The number of hydrogen-bond donors (Lipinski definition) is 1. The number of nitriles is 1. The molecule has 2 rings (SSSR count). The van der Waals surface area contributed by atoms with E-state index in [-0.39, 0.29) is 0 Å². The van der Waals surface area contributed by atoms with Crippen LogP contribution >= 0.6 is 0 Å². The monoisotopic (exact) mass is 216 g/mol. The highest BCUT2D eigenvalue weighted by Crippen LogP contribution is 2.31. The molecule has 84 valence electrons. The van der Waals surface area contributed by atoms with E-state index in [2.05, 4.69) is 17.5 Å². The van der Waals surface area contributed by atoms with Gasteiger partial charge in [0.25, 0.3) is 0 Å². The predicted molar refractivity (Wildman–Crippen MR) is 63.6 cm³/mol. The molecule has 16 heavy (non-hydrogen) atoms. The summed E-state index contributed by atoms with van der Waals surface area (Å²) in [5.41, 5.74) is 2.48. The molecular formula is C13H16N2O. The predicted octanol–water partition coefficient (Wildman–Crippen LogP) is 2.73. The molecule has 0 radical (unpaired) electrons. The van der Waals surface area contributed by atoms with Crippen molar-refractivity contribution in [2.45, 2.75) is 25.7 Å². The Balaban J connectivity index is 2.01. The molecule has 3 heteroatoms. The zero-order valence-electron chi connectivity index (χ0n) is 9.33. The molecule has 1 aromatic carbocycles. The first kappa shape index (κ1) is 10.8. The van der Waals surface area contributed by atoms with Crippen molar-refractivity contribution >= 4 is 5.69 Å². The first-order valence-electron chi connectivity index (χ1n) is 5.77. The van der Waals surface area contributed by atoms with E-state index in [1.807, 2.05) is 12.1 Å². The highest BCUT2D eigenvalue weighted by Gasteiger charge is 2.12. The fourth-order valence-electron chi connectivity index (χ4n) is 1.93. The Morgan fingerprint density at radius 1 is 1.44 bits per heavy atom. The number of ether oxygens (including phenoxy) is 1. The van der Waals surface area contributed by atoms with Crippen molar-refractivity contribution in [2.24, 2.45) is 0 Å². The van der Waals surface area contributed by atoms with Crippen LogP contribution in [0.5, 0.6) is 5.75 Å². The molecule has 0 saturated carbocycles. The summed E-state index contributed by atoms with van der Waals surface area (Å²) in [6, 6.07) is 8.29. The number of rotatable bonds is 4. The van der Waals surface area contributed by atoms with Crippen molar-refractivity contribution in [2.75, 3.05) is 18.5 Å². The van der Waals surface area contributed by atoms with Crippen molar-refractivity contribution in [3.8, 4) is 11.8 Å². The number of benzene rings is 1. The largest absolute Gasteiger partial charge is 0.491 e. The minimum absolute atomic E-state index is 0.558. The number of nitrogens with zero attached hydrogens (tertiary/aromatic N) is 1. The molecule has 0 amide bonds. The van der Waals surface area contributed by atoms with Gasteiger partial charge >= 0.3 is 0 Å². The van der Waals surface area contributed by atoms with Crippen LogP contribution in [0.1, 0.15) is 24.8 Å². The molecule has 1 aliphatic rings. The van der Waals surface area contributed by atoms with Crippen molar-refractivity contribution in [3.05, 3.63) is 23.8 Å². The van der Waals surface area contributed by atoms with Crippen LogP contribution in [-0.2, 0) is 6.42 Å². The number of unbranched alkanes of at least 4 members (excludes halogenated alkanes) is 1. The van der Waals surface area contributed by atoms with E-state index >= 15 is 0 Å². The molecule has 0 atom stereocenters. The van der Waals surface area contributed by atoms with E-state index in [0.717, 1.165) is 30.8 Å². The lowest BCUT2D eigenvalue weighted by atomic mass is 10.0. The summed E-state index contributed by atoms with van der Waals surface area (Å²) in [6.45, 7) is 1.64. The van der Waals surface area contributed by atoms with E-state index in [9.17, 15) is 0 Å². The second-order valence-electron chi connectivity index (χ2n) is 3.93. The highest BCUT2D eigenvalue weighted by atomic mass is 16.5. The van der Waals surface area contributed by atoms with E-state index in [1.165, 1.54) is 12.0 Å². The Bertz CT molecular complexity index is 395. The summed E-state index contributed by atoms with van der Waals surface area (Å²) in [7, 11) is 0. The summed E-state index contributed by atoms with van der Waals surface area (Å²) in [4.78, 5) is 0. The van der Waals surface area contributed by atoms with E-state index < -0.39 is 0 Å². The maximum atomic E-state index is 8.44. The van der Waals surface area contributed by atoms with Crippen LogP contribution in [0.4, 0.5) is 5.69 Å². The third-order valence-corrected chi connectivity index (χ3v) is 2.73. The molecule has 0 aliphatic carbocycles. The molecular weight excluding hydrogens is 200 g/mol. The number of anilines is 1. The van der Waals surface area contributed by atoms with Gasteiger partial charge in [-0.25, -0.2) is 0 Å². The van der Waals surface area contributed by atoms with Crippen LogP contribution in [0, 0.1) is 11.3 Å². The Morgan fingerprint density at radius 3 is 3.25 bits per heavy atom. The van der Waals surface area contributed by atoms with Gasteiger partial charge in [0.05, 0.1) is 18.4 Å². The smallest absolute Gasteiger partial charge is 0.142 e. The minimum atomic E-state index is 0.558. The summed E-state index contributed by atoms with van der Waals surface area (Å²) < 4.78 is 5.69. The molecule has 1 aliphatic heterocycles. The third kappa shape index (κ3) is 2.46. The van der Waals surface area contributed by atoms with E-state index in [1.54, 1.807) is 0 Å². The van der Waals surface area contributed by atoms with Gasteiger partial charge < -0.3 is 10.1 Å². The molecule has 1 N–H and O–H groups in total. The average molecular weight is 216 g/mol. The van der Waals surface area contributed by atoms with Crippen LogP contribution in [0.15, 0.2) is 18.2 Å². The van der Waals surface area contributed by atoms with Crippen LogP contribution in [0.3, 0.4) is 0 Å². The van der Waals surface area contributed by atoms with Gasteiger partial charge in [-0.2, -0.15) is 5.26 Å². The molecule has 1 heterocycles. The van der Waals surface area contributed by atoms with Gasteiger partial charge in [0, 0.05) is 13.0 Å². The molecule has 0 saturated heterocycles. The molecule has 0 bridgehead atoms. The zero-order chi connectivity index (χ0) is 11.2. The molecule has 3 nitrogen and oxygen atoms in total. The Morgan fingerprint density at radius 2 is 2.38 bits per heavy atom. The second-order valence-corrected chi connectivity index (χ2v) is 3.93. The first-order valence-corrected chi connectivity index (χ1v) is 5.77. The average Bonchev–Trinajstić information content (AvgIpc) is 2.35. The lowest BCUT2D eigenvalue weighted by Crippen LogP contribution is -2.13. The van der Waals surface area contributed by atoms with Crippen molar-refractivity contribution in [1.29, 1.82) is 5.26 Å². The van der Waals surface area contributed by atoms with Gasteiger partial charge in [-0.1, -0.05) is 12.1 Å². The van der Waals surface area contributed by atoms with Gasteiger partial charge in [-0.05, 0) is 30.9 Å². The molecule has 1 aromatic rings. The van der Waals surface area contributed by atoms with Gasteiger partial charge in [0.15, 0.2) is 0 Å². The Kier molecular flexibility index (Phi) is 3.66. The minimum Gasteiger partial charge on any atom is -0.491 e. The maximum Gasteiger partial charge on any atom is 0.142 e. The van der Waals surface area contributed by atoms with Crippen LogP contribution in [-0.4, -0.2) is 13.2 Å². The van der Waals surface area contributed by atoms with Gasteiger partial charge in [-0.3, -0.25) is 0 Å². The Labute approximate surface area is 96.0 Å². The number of fused-ring (bicyclic) bond motifs is 1. The van der Waals surface area contributed by atoms with Crippen molar-refractivity contribution in [3.63, 3.8) is 0 Å². The first-order chi connectivity index (χ1) is 7.92. The zero-order valence-corrected chi connectivity index (χ0v) is 9.33. The van der Waals surface area contributed by atoms with Crippen LogP contribution in [0.2, 0.25) is 0 Å². The number of para-hydroxylation sites is 1. The highest BCUT2D eigenvalue weighted by molar-refractivity contribution is 5.63. The molecule has 0 aromatic heterocycles. The third-order valence-electron chi connectivity index (χ3n) is 2.73. The van der Waals surface area contributed by atoms with E-state index in [0.29, 0.717) is 13.0 Å². The van der Waals surface area contributed by atoms with Crippen molar-refractivity contribution in [1.82, 2.24) is 0 Å². The summed E-state index contributed by atoms with van der Waals surface area (Å²) in [5.74, 6) is 0.926. The lowest BCUT2D eigenvalue weighted by molar-refractivity contribution is 0.313. The number of hydrogen-bond acceptors (Lipinski definition) is 3. The topological polar surface area (TPSA) is 45.0 Å². The molecule has 0 fully saturated rings. The number of nitrogens with one attached hydrogen (secondary N) is 1. The fraction of sp³-hybridized carbons (Fsp3) is 0.462. The summed E-state index contributed by atoms with van der Waals surface area (Å²) in [5, 5.41) is 11.8. The van der Waals surface area contributed by atoms with Gasteiger partial charge in [0.2, 0.25) is 0 Å². The standard InChI is InChI=1S/C13H16N2O/c14-8-1-2-10-16-12-7-3-5-11-6-4-9-15-13(11)12/h3,5,7,15H,1-2,4,6,9-10H2. The molecule has 0 unspecified atom stereocenters. The van der Waals surface area contributed by atoms with Gasteiger partial charge in [0.1, 0.15) is 5.75 Å². The van der Waals surface area contributed by atoms with Crippen molar-refractivity contribution < 1.29 is 4.74 Å². The van der Waals surface area contributed by atoms with Gasteiger partial charge in [-0.15, -0.1) is 0 Å². The van der Waals surface area contributed by atoms with Crippen LogP contribution < -0.4 is 10.1 Å². The lowest BCUT2D eigenvalue weighted by Gasteiger charge is -2.21. The Hall–Kier alpha value is -1.69. The normalized spacial score (nSPS) is 13.4. The maximum absolute atomic E-state index is 8.44.